The van der Waals surface area contributed by atoms with E-state index < -0.39 is 10.0 Å². The van der Waals surface area contributed by atoms with Gasteiger partial charge in [-0.05, 0) is 25.0 Å². The fourth-order valence-electron chi connectivity index (χ4n) is 2.02. The SMILES string of the molecule is O=S(=O)(Nc1ccc(O)cc1Cl)C1CCCC1. The summed E-state index contributed by atoms with van der Waals surface area (Å²) in [4.78, 5) is 0. The minimum atomic E-state index is -3.36. The Kier molecular flexibility index (Phi) is 3.49. The van der Waals surface area contributed by atoms with Crippen LogP contribution in [-0.4, -0.2) is 18.8 Å². The van der Waals surface area contributed by atoms with E-state index in [-0.39, 0.29) is 16.0 Å². The first-order chi connectivity index (χ1) is 7.99. The zero-order valence-corrected chi connectivity index (χ0v) is 10.8. The molecule has 2 rings (SSSR count). The van der Waals surface area contributed by atoms with E-state index in [1.807, 2.05) is 0 Å². The Morgan fingerprint density at radius 1 is 1.29 bits per heavy atom. The Balaban J connectivity index is 2.19. The first-order valence-electron chi connectivity index (χ1n) is 5.49. The average Bonchev–Trinajstić information content (AvgIpc) is 2.76. The molecule has 0 aliphatic heterocycles. The number of anilines is 1. The number of phenolic OH excluding ortho intramolecular Hbond substituents is 1. The number of nitrogens with one attached hydrogen (secondary N) is 1. The van der Waals surface area contributed by atoms with E-state index in [1.54, 1.807) is 0 Å². The average molecular weight is 276 g/mol. The van der Waals surface area contributed by atoms with Gasteiger partial charge in [0.2, 0.25) is 10.0 Å². The lowest BCUT2D eigenvalue weighted by Crippen LogP contribution is -2.25. The number of rotatable bonds is 3. The molecule has 0 atom stereocenters. The summed E-state index contributed by atoms with van der Waals surface area (Å²) in [5.74, 6) is 0.0128. The molecule has 0 heterocycles. The van der Waals surface area contributed by atoms with Gasteiger partial charge in [0.1, 0.15) is 5.75 Å². The lowest BCUT2D eigenvalue weighted by atomic mass is 10.3. The van der Waals surface area contributed by atoms with E-state index in [9.17, 15) is 13.5 Å². The molecule has 1 saturated carbocycles. The number of halogens is 1. The second-order valence-electron chi connectivity index (χ2n) is 4.22. The third-order valence-corrected chi connectivity index (χ3v) is 5.11. The summed E-state index contributed by atoms with van der Waals surface area (Å²) in [6.45, 7) is 0. The molecule has 94 valence electrons. The lowest BCUT2D eigenvalue weighted by molar-refractivity contribution is 0.475. The molecule has 0 amide bonds. The molecule has 6 heteroatoms. The second-order valence-corrected chi connectivity index (χ2v) is 6.59. The summed E-state index contributed by atoms with van der Waals surface area (Å²) in [7, 11) is -3.36. The van der Waals surface area contributed by atoms with Gasteiger partial charge in [-0.2, -0.15) is 0 Å². The van der Waals surface area contributed by atoms with Crippen LogP contribution in [0.3, 0.4) is 0 Å². The lowest BCUT2D eigenvalue weighted by Gasteiger charge is -2.14. The maximum absolute atomic E-state index is 12.0. The normalized spacial score (nSPS) is 17.2. The molecule has 0 saturated heterocycles. The summed E-state index contributed by atoms with van der Waals surface area (Å²) >= 11 is 5.86. The molecule has 0 radical (unpaired) electrons. The standard InChI is InChI=1S/C11H14ClNO3S/c12-10-7-8(14)5-6-11(10)13-17(15,16)9-3-1-2-4-9/h5-7,9,13-14H,1-4H2. The smallest absolute Gasteiger partial charge is 0.235 e. The molecule has 2 N–H and O–H groups in total. The number of sulfonamides is 1. The number of phenols is 1. The highest BCUT2D eigenvalue weighted by Gasteiger charge is 2.29. The van der Waals surface area contributed by atoms with Gasteiger partial charge in [0.05, 0.1) is 16.0 Å². The molecule has 0 bridgehead atoms. The molecule has 17 heavy (non-hydrogen) atoms. The Labute approximate surface area is 106 Å². The van der Waals surface area contributed by atoms with Crippen LogP contribution in [0.2, 0.25) is 5.02 Å². The third kappa shape index (κ3) is 2.84. The van der Waals surface area contributed by atoms with E-state index in [2.05, 4.69) is 4.72 Å². The minimum Gasteiger partial charge on any atom is -0.508 e. The van der Waals surface area contributed by atoms with Gasteiger partial charge in [-0.3, -0.25) is 4.72 Å². The first kappa shape index (κ1) is 12.5. The van der Waals surface area contributed by atoms with Gasteiger partial charge >= 0.3 is 0 Å². The predicted molar refractivity (Wildman–Crippen MR) is 67.9 cm³/mol. The number of hydrogen-bond donors (Lipinski definition) is 2. The minimum absolute atomic E-state index is 0.0128. The Hall–Kier alpha value is -0.940. The molecule has 1 aromatic rings. The summed E-state index contributed by atoms with van der Waals surface area (Å²) in [5, 5.41) is 9.06. The monoisotopic (exact) mass is 275 g/mol. The van der Waals surface area contributed by atoms with Crippen molar-refractivity contribution in [3.05, 3.63) is 23.2 Å². The van der Waals surface area contributed by atoms with Crippen molar-refractivity contribution in [1.82, 2.24) is 0 Å². The van der Waals surface area contributed by atoms with Crippen LogP contribution in [0, 0.1) is 0 Å². The Bertz CT molecular complexity index is 509. The van der Waals surface area contributed by atoms with Crippen molar-refractivity contribution in [2.24, 2.45) is 0 Å². The van der Waals surface area contributed by atoms with Gasteiger partial charge in [-0.15, -0.1) is 0 Å². The number of benzene rings is 1. The molecule has 1 aliphatic carbocycles. The van der Waals surface area contributed by atoms with Crippen LogP contribution in [-0.2, 0) is 10.0 Å². The van der Waals surface area contributed by atoms with E-state index >= 15 is 0 Å². The summed E-state index contributed by atoms with van der Waals surface area (Å²) < 4.78 is 26.5. The van der Waals surface area contributed by atoms with Crippen molar-refractivity contribution in [3.8, 4) is 5.75 Å². The van der Waals surface area contributed by atoms with Crippen LogP contribution >= 0.6 is 11.6 Å². The van der Waals surface area contributed by atoms with Crippen molar-refractivity contribution >= 4 is 27.3 Å². The predicted octanol–water partition coefficient (Wildman–Crippen LogP) is 2.73. The number of aromatic hydroxyl groups is 1. The molecule has 0 unspecified atom stereocenters. The van der Waals surface area contributed by atoms with Crippen LogP contribution in [0.4, 0.5) is 5.69 Å². The molecular formula is C11H14ClNO3S. The molecule has 0 aromatic heterocycles. The molecular weight excluding hydrogens is 262 g/mol. The van der Waals surface area contributed by atoms with E-state index in [0.29, 0.717) is 18.5 Å². The van der Waals surface area contributed by atoms with Crippen molar-refractivity contribution in [3.63, 3.8) is 0 Å². The van der Waals surface area contributed by atoms with Crippen molar-refractivity contribution in [1.29, 1.82) is 0 Å². The van der Waals surface area contributed by atoms with Gasteiger partial charge in [0.25, 0.3) is 0 Å². The highest BCUT2D eigenvalue weighted by Crippen LogP contribution is 2.30. The van der Waals surface area contributed by atoms with Crippen LogP contribution in [0.5, 0.6) is 5.75 Å². The summed E-state index contributed by atoms with van der Waals surface area (Å²) in [5.41, 5.74) is 0.316. The van der Waals surface area contributed by atoms with Crippen molar-refractivity contribution in [2.45, 2.75) is 30.9 Å². The van der Waals surface area contributed by atoms with Gasteiger partial charge in [0.15, 0.2) is 0 Å². The van der Waals surface area contributed by atoms with Crippen LogP contribution in [0.15, 0.2) is 18.2 Å². The quantitative estimate of drug-likeness (QED) is 0.834. The van der Waals surface area contributed by atoms with E-state index in [0.717, 1.165) is 12.8 Å². The molecule has 0 spiro atoms. The maximum atomic E-state index is 12.0. The molecule has 4 nitrogen and oxygen atoms in total. The van der Waals surface area contributed by atoms with Crippen LogP contribution < -0.4 is 4.72 Å². The summed E-state index contributed by atoms with van der Waals surface area (Å²) in [6.07, 6.45) is 3.31. The van der Waals surface area contributed by atoms with Gasteiger partial charge < -0.3 is 5.11 Å². The third-order valence-electron chi connectivity index (χ3n) is 2.95. The van der Waals surface area contributed by atoms with E-state index in [1.165, 1.54) is 18.2 Å². The van der Waals surface area contributed by atoms with Crippen molar-refractivity contribution < 1.29 is 13.5 Å². The van der Waals surface area contributed by atoms with Crippen molar-refractivity contribution in [2.75, 3.05) is 4.72 Å². The Morgan fingerprint density at radius 3 is 2.53 bits per heavy atom. The molecule has 1 fully saturated rings. The molecule has 1 aliphatic rings. The highest BCUT2D eigenvalue weighted by molar-refractivity contribution is 7.93. The number of hydrogen-bond acceptors (Lipinski definition) is 3. The molecule has 1 aromatic carbocycles. The van der Waals surface area contributed by atoms with Crippen LogP contribution in [0.1, 0.15) is 25.7 Å². The van der Waals surface area contributed by atoms with Gasteiger partial charge in [-0.25, -0.2) is 8.42 Å². The van der Waals surface area contributed by atoms with E-state index in [4.69, 9.17) is 11.6 Å². The topological polar surface area (TPSA) is 66.4 Å². The Morgan fingerprint density at radius 2 is 1.94 bits per heavy atom. The fraction of sp³-hybridized carbons (Fsp3) is 0.455. The highest BCUT2D eigenvalue weighted by atomic mass is 35.5. The largest absolute Gasteiger partial charge is 0.508 e. The zero-order valence-electron chi connectivity index (χ0n) is 9.19. The first-order valence-corrected chi connectivity index (χ1v) is 7.41. The van der Waals surface area contributed by atoms with Gasteiger partial charge in [0, 0.05) is 6.07 Å². The zero-order chi connectivity index (χ0) is 12.5. The summed E-state index contributed by atoms with van der Waals surface area (Å²) in [6, 6.07) is 4.18. The van der Waals surface area contributed by atoms with Gasteiger partial charge in [-0.1, -0.05) is 24.4 Å². The second kappa shape index (κ2) is 4.74. The fourth-order valence-corrected chi connectivity index (χ4v) is 3.91. The maximum Gasteiger partial charge on any atom is 0.235 e. The van der Waals surface area contributed by atoms with Crippen LogP contribution in [0.25, 0.3) is 0 Å².